The average Bonchev–Trinajstić information content (AvgIpc) is 3.77. The third-order valence-electron chi connectivity index (χ3n) is 8.96. The van der Waals surface area contributed by atoms with Crippen molar-refractivity contribution in [3.8, 4) is 0 Å². The molecule has 0 bridgehead atoms. The van der Waals surface area contributed by atoms with Crippen LogP contribution < -0.4 is 0 Å². The Bertz CT molecular complexity index is 1260. The molecule has 3 aromatic heterocycles. The van der Waals surface area contributed by atoms with Crippen molar-refractivity contribution in [3.05, 3.63) is 93.7 Å². The van der Waals surface area contributed by atoms with Gasteiger partial charge in [-0.3, -0.25) is 9.80 Å². The zero-order valence-corrected chi connectivity index (χ0v) is 23.7. The Hall–Kier alpha value is -2.78. The second kappa shape index (κ2) is 11.8. The third-order valence-corrected chi connectivity index (χ3v) is 9.97. The second-order valence-corrected chi connectivity index (χ2v) is 12.7. The summed E-state index contributed by atoms with van der Waals surface area (Å²) in [4.78, 5) is 22.0. The van der Waals surface area contributed by atoms with E-state index in [1.54, 1.807) is 12.4 Å². The van der Waals surface area contributed by atoms with Gasteiger partial charge in [0.1, 0.15) is 11.6 Å². The van der Waals surface area contributed by atoms with Gasteiger partial charge < -0.3 is 15.1 Å². The van der Waals surface area contributed by atoms with Crippen LogP contribution in [0.15, 0.2) is 60.5 Å². The Kier molecular flexibility index (Phi) is 7.97. The molecule has 0 aliphatic carbocycles. The lowest BCUT2D eigenvalue weighted by molar-refractivity contribution is 0.102. The highest BCUT2D eigenvalue weighted by molar-refractivity contribution is 7.10. The van der Waals surface area contributed by atoms with Gasteiger partial charge >= 0.3 is 0 Å². The number of benzene rings is 1. The van der Waals surface area contributed by atoms with E-state index in [0.29, 0.717) is 18.3 Å². The molecule has 7 nitrogen and oxygen atoms in total. The van der Waals surface area contributed by atoms with E-state index in [1.165, 1.54) is 61.4 Å². The number of nitrogens with zero attached hydrogens (tertiary/aromatic N) is 4. The number of rotatable bonds is 10. The summed E-state index contributed by atoms with van der Waals surface area (Å²) >= 11 is 1.90. The Morgan fingerprint density at radius 2 is 1.54 bits per heavy atom. The number of aromatic nitrogens is 4. The van der Waals surface area contributed by atoms with Gasteiger partial charge in [-0.2, -0.15) is 0 Å². The molecular weight excluding hydrogens is 504 g/mol. The summed E-state index contributed by atoms with van der Waals surface area (Å²) < 4.78 is 0. The molecule has 0 amide bonds. The fourth-order valence-electron chi connectivity index (χ4n) is 6.49. The Labute approximate surface area is 235 Å². The van der Waals surface area contributed by atoms with Crippen LogP contribution in [-0.2, 0) is 25.9 Å². The van der Waals surface area contributed by atoms with Gasteiger partial charge in [0.15, 0.2) is 0 Å². The van der Waals surface area contributed by atoms with Crippen LogP contribution in [0, 0.1) is 18.3 Å². The van der Waals surface area contributed by atoms with E-state index in [4.69, 9.17) is 0 Å². The number of thiophene rings is 1. The van der Waals surface area contributed by atoms with Crippen molar-refractivity contribution >= 4 is 11.3 Å². The largest absolute Gasteiger partial charge is 0.388 e. The standard InChI is InChI=1S/C31H40N6OS/c1-23-6-17-39-27(23)21-36-14-7-31(8-15-36)9-16-37(22-31)20-24-2-4-25(5-3-24)30(38)26(18-28-32-10-11-33-28)19-29-34-12-13-35-29/h2-6,10-13,17,26,30,38H,7-9,14-16,18-22H2,1H3,(H,32,33)(H,34,35). The van der Waals surface area contributed by atoms with Gasteiger partial charge in [0.05, 0.1) is 6.10 Å². The van der Waals surface area contributed by atoms with Gasteiger partial charge in [0, 0.05) is 68.1 Å². The summed E-state index contributed by atoms with van der Waals surface area (Å²) in [5.74, 6) is 1.75. The molecule has 3 N–H and O–H groups in total. The van der Waals surface area contributed by atoms with Crippen LogP contribution in [0.1, 0.15) is 58.6 Å². The molecular formula is C31H40N6OS. The lowest BCUT2D eigenvalue weighted by atomic mass is 9.78. The fourth-order valence-corrected chi connectivity index (χ4v) is 7.43. The molecule has 39 heavy (non-hydrogen) atoms. The van der Waals surface area contributed by atoms with E-state index in [0.717, 1.165) is 30.3 Å². The van der Waals surface area contributed by atoms with Crippen molar-refractivity contribution < 1.29 is 5.11 Å². The number of imidazole rings is 2. The van der Waals surface area contributed by atoms with Crippen molar-refractivity contribution in [2.45, 2.75) is 58.2 Å². The van der Waals surface area contributed by atoms with Crippen LogP contribution in [-0.4, -0.2) is 61.0 Å². The van der Waals surface area contributed by atoms with Gasteiger partial charge in [0.2, 0.25) is 0 Å². The molecule has 0 radical (unpaired) electrons. The number of hydrogen-bond acceptors (Lipinski definition) is 6. The minimum Gasteiger partial charge on any atom is -0.388 e. The molecule has 8 heteroatoms. The molecule has 0 saturated carbocycles. The van der Waals surface area contributed by atoms with Gasteiger partial charge in [-0.1, -0.05) is 24.3 Å². The van der Waals surface area contributed by atoms with Crippen molar-refractivity contribution in [1.29, 1.82) is 0 Å². The second-order valence-electron chi connectivity index (χ2n) is 11.7. The van der Waals surface area contributed by atoms with Gasteiger partial charge in [-0.15, -0.1) is 11.3 Å². The molecule has 4 aromatic rings. The molecule has 1 spiro atoms. The number of aryl methyl sites for hydroxylation is 1. The van der Waals surface area contributed by atoms with E-state index < -0.39 is 6.10 Å². The van der Waals surface area contributed by atoms with Crippen molar-refractivity contribution in [2.75, 3.05) is 26.2 Å². The Morgan fingerprint density at radius 1 is 0.897 bits per heavy atom. The highest BCUT2D eigenvalue weighted by atomic mass is 32.1. The Balaban J connectivity index is 1.03. The van der Waals surface area contributed by atoms with Crippen LogP contribution in [0.4, 0.5) is 0 Å². The number of H-pyrrole nitrogens is 2. The normalized spacial score (nSPS) is 18.8. The van der Waals surface area contributed by atoms with Crippen molar-refractivity contribution in [2.24, 2.45) is 11.3 Å². The van der Waals surface area contributed by atoms with Gasteiger partial charge in [0.25, 0.3) is 0 Å². The molecule has 2 aliphatic rings. The number of piperidine rings is 1. The zero-order chi connectivity index (χ0) is 26.7. The first kappa shape index (κ1) is 26.4. The summed E-state index contributed by atoms with van der Waals surface area (Å²) in [5, 5.41) is 13.6. The number of aromatic amines is 2. The van der Waals surface area contributed by atoms with Crippen LogP contribution >= 0.6 is 11.3 Å². The predicted molar refractivity (Wildman–Crippen MR) is 155 cm³/mol. The first-order valence-electron chi connectivity index (χ1n) is 14.3. The number of likely N-dealkylation sites (tertiary alicyclic amines) is 2. The summed E-state index contributed by atoms with van der Waals surface area (Å²) in [5.41, 5.74) is 4.20. The topological polar surface area (TPSA) is 84.1 Å². The van der Waals surface area contributed by atoms with Crippen LogP contribution in [0.5, 0.6) is 0 Å². The highest BCUT2D eigenvalue weighted by Crippen LogP contribution is 2.41. The molecule has 6 rings (SSSR count). The minimum absolute atomic E-state index is 0.0267. The zero-order valence-electron chi connectivity index (χ0n) is 22.9. The van der Waals surface area contributed by atoms with E-state index in [9.17, 15) is 5.11 Å². The van der Waals surface area contributed by atoms with Crippen LogP contribution in [0.25, 0.3) is 0 Å². The van der Waals surface area contributed by atoms with E-state index in [-0.39, 0.29) is 5.92 Å². The maximum absolute atomic E-state index is 11.3. The number of aliphatic hydroxyl groups is 1. The summed E-state index contributed by atoms with van der Waals surface area (Å²) in [6.45, 7) is 9.16. The monoisotopic (exact) mass is 544 g/mol. The van der Waals surface area contributed by atoms with E-state index in [2.05, 4.69) is 72.4 Å². The van der Waals surface area contributed by atoms with E-state index in [1.807, 2.05) is 23.7 Å². The quantitative estimate of drug-likeness (QED) is 0.258. The molecule has 2 saturated heterocycles. The Morgan fingerprint density at radius 3 is 2.10 bits per heavy atom. The summed E-state index contributed by atoms with van der Waals surface area (Å²) in [7, 11) is 0. The highest BCUT2D eigenvalue weighted by Gasteiger charge is 2.40. The first-order valence-corrected chi connectivity index (χ1v) is 15.1. The average molecular weight is 545 g/mol. The lowest BCUT2D eigenvalue weighted by Crippen LogP contribution is -2.41. The third kappa shape index (κ3) is 6.35. The van der Waals surface area contributed by atoms with E-state index >= 15 is 0 Å². The minimum atomic E-state index is -0.590. The SMILES string of the molecule is Cc1ccsc1CN1CCC2(CC1)CCN(Cc1ccc(C(O)C(Cc3ncc[nH]3)Cc3ncc[nH]3)cc1)C2. The molecule has 1 aromatic carbocycles. The molecule has 5 heterocycles. The first-order chi connectivity index (χ1) is 19.1. The summed E-state index contributed by atoms with van der Waals surface area (Å²) in [6.07, 6.45) is 11.9. The predicted octanol–water partition coefficient (Wildman–Crippen LogP) is 5.13. The van der Waals surface area contributed by atoms with Crippen LogP contribution in [0.2, 0.25) is 0 Å². The maximum atomic E-state index is 11.3. The van der Waals surface area contributed by atoms with Crippen molar-refractivity contribution in [1.82, 2.24) is 29.7 Å². The molecule has 2 aliphatic heterocycles. The number of nitrogens with one attached hydrogen (secondary N) is 2. The van der Waals surface area contributed by atoms with Crippen molar-refractivity contribution in [3.63, 3.8) is 0 Å². The number of aliphatic hydroxyl groups excluding tert-OH is 1. The summed E-state index contributed by atoms with van der Waals surface area (Å²) in [6, 6.07) is 10.9. The van der Waals surface area contributed by atoms with Crippen LogP contribution in [0.3, 0.4) is 0 Å². The maximum Gasteiger partial charge on any atom is 0.106 e. The molecule has 1 unspecified atom stereocenters. The molecule has 206 valence electrons. The fraction of sp³-hybridized carbons (Fsp3) is 0.484. The van der Waals surface area contributed by atoms with Gasteiger partial charge in [-0.05, 0) is 79.4 Å². The van der Waals surface area contributed by atoms with Gasteiger partial charge in [-0.25, -0.2) is 9.97 Å². The smallest absolute Gasteiger partial charge is 0.106 e. The molecule has 2 fully saturated rings. The molecule has 1 atom stereocenters. The lowest BCUT2D eigenvalue weighted by Gasteiger charge is -2.39. The number of hydrogen-bond donors (Lipinski definition) is 3.